The summed E-state index contributed by atoms with van der Waals surface area (Å²) in [6, 6.07) is 2.69. The van der Waals surface area contributed by atoms with Crippen LogP contribution in [0.4, 0.5) is 8.78 Å². The van der Waals surface area contributed by atoms with Gasteiger partial charge in [0.1, 0.15) is 5.52 Å². The Morgan fingerprint density at radius 2 is 2.21 bits per heavy atom. The second-order valence-electron chi connectivity index (χ2n) is 2.52. The Labute approximate surface area is 75.7 Å². The van der Waals surface area contributed by atoms with Crippen LogP contribution in [-0.2, 0) is 0 Å². The number of pyridine rings is 1. The molecule has 14 heavy (non-hydrogen) atoms. The zero-order chi connectivity index (χ0) is 10.1. The maximum atomic E-state index is 11.9. The van der Waals surface area contributed by atoms with Gasteiger partial charge >= 0.3 is 6.61 Å². The van der Waals surface area contributed by atoms with Crippen LogP contribution in [0.25, 0.3) is 11.0 Å². The van der Waals surface area contributed by atoms with Crippen LogP contribution in [0.2, 0.25) is 0 Å². The van der Waals surface area contributed by atoms with Gasteiger partial charge in [0.15, 0.2) is 0 Å². The number of aromatic amines is 2. The van der Waals surface area contributed by atoms with Crippen molar-refractivity contribution >= 4 is 11.0 Å². The predicted molar refractivity (Wildman–Crippen MR) is 43.3 cm³/mol. The zero-order valence-electron chi connectivity index (χ0n) is 6.75. The number of halogens is 2. The average Bonchev–Trinajstić information content (AvgIpc) is 2.47. The third-order valence-corrected chi connectivity index (χ3v) is 1.61. The van der Waals surface area contributed by atoms with E-state index < -0.39 is 12.2 Å². The van der Waals surface area contributed by atoms with Crippen LogP contribution in [0.5, 0.6) is 5.88 Å². The van der Waals surface area contributed by atoms with Crippen LogP contribution in [0, 0.1) is 0 Å². The Morgan fingerprint density at radius 1 is 1.43 bits per heavy atom. The Balaban J connectivity index is 2.55. The smallest absolute Gasteiger partial charge is 0.388 e. The summed E-state index contributed by atoms with van der Waals surface area (Å²) >= 11 is 0. The maximum Gasteiger partial charge on any atom is 0.388 e. The summed E-state index contributed by atoms with van der Waals surface area (Å²) in [4.78, 5) is 13.2. The molecule has 0 radical (unpaired) electrons. The van der Waals surface area contributed by atoms with E-state index in [0.717, 1.165) is 0 Å². The number of H-pyrrole nitrogens is 2. The molecule has 5 nitrogen and oxygen atoms in total. The molecule has 0 saturated carbocycles. The first-order valence-corrected chi connectivity index (χ1v) is 3.69. The number of alkyl halides is 2. The molecule has 0 bridgehead atoms. The van der Waals surface area contributed by atoms with Crippen molar-refractivity contribution in [2.45, 2.75) is 6.61 Å². The highest BCUT2D eigenvalue weighted by Crippen LogP contribution is 2.19. The highest BCUT2D eigenvalue weighted by atomic mass is 19.3. The molecular weight excluding hydrogens is 196 g/mol. The lowest BCUT2D eigenvalue weighted by Gasteiger charge is -1.98. The van der Waals surface area contributed by atoms with E-state index >= 15 is 0 Å². The minimum atomic E-state index is -2.97. The van der Waals surface area contributed by atoms with Gasteiger partial charge < -0.3 is 9.72 Å². The summed E-state index contributed by atoms with van der Waals surface area (Å²) in [5.74, 6) is -0.312. The van der Waals surface area contributed by atoms with Gasteiger partial charge in [0.2, 0.25) is 5.56 Å². The molecule has 0 spiro atoms. The fourth-order valence-electron chi connectivity index (χ4n) is 1.07. The van der Waals surface area contributed by atoms with E-state index in [1.165, 1.54) is 12.1 Å². The molecule has 2 aromatic rings. The van der Waals surface area contributed by atoms with Crippen LogP contribution in [-0.4, -0.2) is 21.8 Å². The van der Waals surface area contributed by atoms with Gasteiger partial charge in [0, 0.05) is 6.07 Å². The quantitative estimate of drug-likeness (QED) is 0.756. The number of fused-ring (bicyclic) bond motifs is 1. The third kappa shape index (κ3) is 1.43. The van der Waals surface area contributed by atoms with Crippen molar-refractivity contribution in [2.75, 3.05) is 0 Å². The van der Waals surface area contributed by atoms with Crippen LogP contribution in [0.15, 0.2) is 16.9 Å². The van der Waals surface area contributed by atoms with E-state index in [1.807, 2.05) is 0 Å². The molecule has 2 rings (SSSR count). The van der Waals surface area contributed by atoms with Crippen molar-refractivity contribution in [3.8, 4) is 5.88 Å². The summed E-state index contributed by atoms with van der Waals surface area (Å²) < 4.78 is 27.8. The number of ether oxygens (including phenoxy) is 1. The fraction of sp³-hybridized carbons (Fsp3) is 0.143. The summed E-state index contributed by atoms with van der Waals surface area (Å²) in [5.41, 5.74) is 0.163. The van der Waals surface area contributed by atoms with E-state index in [2.05, 4.69) is 19.9 Å². The Bertz CT molecular complexity index is 505. The number of rotatable bonds is 2. The SMILES string of the molecule is O=c1ccc2[nH]nc(OC(F)F)c2[nH]1. The summed E-state index contributed by atoms with van der Waals surface area (Å²) in [6.45, 7) is -2.97. The van der Waals surface area contributed by atoms with E-state index in [9.17, 15) is 13.6 Å². The van der Waals surface area contributed by atoms with Crippen molar-refractivity contribution in [3.05, 3.63) is 22.5 Å². The lowest BCUT2D eigenvalue weighted by molar-refractivity contribution is -0.0520. The molecule has 0 aliphatic rings. The molecule has 0 aliphatic heterocycles. The molecule has 0 unspecified atom stereocenters. The molecule has 2 N–H and O–H groups in total. The molecule has 0 fully saturated rings. The molecule has 0 saturated heterocycles. The number of hydrogen-bond donors (Lipinski definition) is 2. The maximum absolute atomic E-state index is 11.9. The standard InChI is InChI=1S/C7H5F2N3O2/c8-7(9)14-6-5-3(11-12-6)1-2-4(13)10-5/h1-2,7H,(H,10,13)(H,11,12). The van der Waals surface area contributed by atoms with Crippen LogP contribution < -0.4 is 10.3 Å². The molecule has 7 heteroatoms. The molecule has 2 aromatic heterocycles. The summed E-state index contributed by atoms with van der Waals surface area (Å²) in [5, 5.41) is 5.92. The molecular formula is C7H5F2N3O2. The van der Waals surface area contributed by atoms with Gasteiger partial charge in [0.25, 0.3) is 5.88 Å². The van der Waals surface area contributed by atoms with Crippen molar-refractivity contribution in [2.24, 2.45) is 0 Å². The first kappa shape index (κ1) is 8.67. The van der Waals surface area contributed by atoms with Gasteiger partial charge in [0.05, 0.1) is 5.52 Å². The topological polar surface area (TPSA) is 70.8 Å². The van der Waals surface area contributed by atoms with Crippen molar-refractivity contribution in [1.82, 2.24) is 15.2 Å². The van der Waals surface area contributed by atoms with E-state index in [1.54, 1.807) is 0 Å². The lowest BCUT2D eigenvalue weighted by atomic mass is 10.4. The molecule has 2 heterocycles. The first-order valence-electron chi connectivity index (χ1n) is 3.69. The van der Waals surface area contributed by atoms with E-state index in [4.69, 9.17) is 0 Å². The van der Waals surface area contributed by atoms with Gasteiger partial charge in [-0.05, 0) is 6.07 Å². The summed E-state index contributed by atoms with van der Waals surface area (Å²) in [6.07, 6.45) is 0. The second kappa shape index (κ2) is 3.09. The monoisotopic (exact) mass is 201 g/mol. The number of nitrogens with one attached hydrogen (secondary N) is 2. The zero-order valence-corrected chi connectivity index (χ0v) is 6.75. The van der Waals surface area contributed by atoms with Gasteiger partial charge in [-0.15, -0.1) is 5.10 Å². The van der Waals surface area contributed by atoms with Gasteiger partial charge in [-0.2, -0.15) is 8.78 Å². The number of hydrogen-bond acceptors (Lipinski definition) is 3. The normalized spacial score (nSPS) is 11.1. The van der Waals surface area contributed by atoms with Crippen LogP contribution in [0.3, 0.4) is 0 Å². The van der Waals surface area contributed by atoms with Crippen molar-refractivity contribution in [3.63, 3.8) is 0 Å². The first-order chi connectivity index (χ1) is 6.66. The largest absolute Gasteiger partial charge is 0.413 e. The third-order valence-electron chi connectivity index (χ3n) is 1.61. The highest BCUT2D eigenvalue weighted by molar-refractivity contribution is 5.78. The van der Waals surface area contributed by atoms with Crippen LogP contribution >= 0.6 is 0 Å². The van der Waals surface area contributed by atoms with E-state index in [0.29, 0.717) is 5.52 Å². The molecule has 0 aliphatic carbocycles. The van der Waals surface area contributed by atoms with Gasteiger partial charge in [-0.25, -0.2) is 0 Å². The predicted octanol–water partition coefficient (Wildman–Crippen LogP) is 0.853. The lowest BCUT2D eigenvalue weighted by Crippen LogP contribution is -2.05. The van der Waals surface area contributed by atoms with Crippen molar-refractivity contribution in [1.29, 1.82) is 0 Å². The fourth-order valence-corrected chi connectivity index (χ4v) is 1.07. The minimum Gasteiger partial charge on any atom is -0.413 e. The molecule has 0 amide bonds. The Hall–Kier alpha value is -1.92. The Morgan fingerprint density at radius 3 is 2.93 bits per heavy atom. The number of aromatic nitrogens is 3. The average molecular weight is 201 g/mol. The minimum absolute atomic E-state index is 0.137. The molecule has 0 aromatic carbocycles. The second-order valence-corrected chi connectivity index (χ2v) is 2.52. The van der Waals surface area contributed by atoms with Gasteiger partial charge in [-0.1, -0.05) is 0 Å². The highest BCUT2D eigenvalue weighted by Gasteiger charge is 2.12. The Kier molecular flexibility index (Phi) is 1.91. The number of nitrogens with zero attached hydrogens (tertiary/aromatic N) is 1. The molecule has 74 valence electrons. The van der Waals surface area contributed by atoms with Crippen LogP contribution in [0.1, 0.15) is 0 Å². The van der Waals surface area contributed by atoms with E-state index in [-0.39, 0.29) is 11.4 Å². The molecule has 0 atom stereocenters. The summed E-state index contributed by atoms with van der Waals surface area (Å²) in [7, 11) is 0. The van der Waals surface area contributed by atoms with Gasteiger partial charge in [-0.3, -0.25) is 9.89 Å². The van der Waals surface area contributed by atoms with Crippen molar-refractivity contribution < 1.29 is 13.5 Å².